The van der Waals surface area contributed by atoms with E-state index in [2.05, 4.69) is 87.7 Å². The average molecular weight is 1670 g/mol. The van der Waals surface area contributed by atoms with Gasteiger partial charge in [0.25, 0.3) is 0 Å². The van der Waals surface area contributed by atoms with Crippen molar-refractivity contribution in [1.82, 2.24) is 29.9 Å². The van der Waals surface area contributed by atoms with Gasteiger partial charge < -0.3 is 13.3 Å². The summed E-state index contributed by atoms with van der Waals surface area (Å²) in [4.78, 5) is 26.9. The van der Waals surface area contributed by atoms with Crippen molar-refractivity contribution in [2.24, 2.45) is 0 Å². The third-order valence-electron chi connectivity index (χ3n) is 23.6. The molecule has 0 fully saturated rings. The zero-order valence-corrected chi connectivity index (χ0v) is 68.0. The molecule has 9 aromatic heterocycles. The molecule has 0 radical (unpaired) electrons. The highest BCUT2D eigenvalue weighted by Gasteiger charge is 2.21. The van der Waals surface area contributed by atoms with E-state index in [0.29, 0.717) is 22.5 Å². The molecular formula is C120H74N6O3. The molecule has 0 unspecified atom stereocenters. The summed E-state index contributed by atoms with van der Waals surface area (Å²) < 4.78 is 198. The summed E-state index contributed by atoms with van der Waals surface area (Å²) in [7, 11) is 0. The van der Waals surface area contributed by atoms with Crippen molar-refractivity contribution in [3.8, 4) is 124 Å². The number of rotatable bonds is 11. The normalized spacial score (nSPS) is 13.8. The molecule has 0 N–H and O–H groups in total. The number of furan rings is 3. The van der Waals surface area contributed by atoms with E-state index in [1.165, 1.54) is 0 Å². The molecule has 0 aliphatic carbocycles. The van der Waals surface area contributed by atoms with E-state index < -0.39 is 54.8 Å². The summed E-state index contributed by atoms with van der Waals surface area (Å²) in [6.45, 7) is 0. The summed E-state index contributed by atoms with van der Waals surface area (Å²) >= 11 is 0. The Balaban J connectivity index is 0.000000120. The van der Waals surface area contributed by atoms with Gasteiger partial charge in [0.15, 0.2) is 0 Å². The molecule has 0 spiro atoms. The molecule has 9 heteroatoms. The Hall–Kier alpha value is -17.4. The molecule has 0 amide bonds. The van der Waals surface area contributed by atoms with Gasteiger partial charge in [-0.25, -0.2) is 15.0 Å². The van der Waals surface area contributed by atoms with Crippen LogP contribution in [0.2, 0.25) is 0 Å². The number of pyridine rings is 6. The molecule has 0 bridgehead atoms. The van der Waals surface area contributed by atoms with Crippen LogP contribution in [0.5, 0.6) is 0 Å². The SMILES string of the molecule is [2H]c1nc2c(c([2H])c1[2H])c([2H])c([2H])c1c([2H])c([2H])c(-c3ccc(-c4ccc(-c5ccc(-c6cccc7ccccc67)o5)cc4)c4ccccc34)nc12.[2H]c1nc2c(c([2H])c1[2H])c([2H])c([2H])c1c([2H])c([2H])c(-c3ccc(-c4ccc(-c5cccc6ccccc56)o4)c4ccccc34)nc12.[2H]c1nc2c(c([2H])c1[2H])c([2H])c([2H])c1c([2H])c([2H])c(-c3ccc(-c4cccc(-c5ccc(-c6cccc7ccccc67)o5)c4)c4ccccc34)nc12. The van der Waals surface area contributed by atoms with Crippen LogP contribution in [0.3, 0.4) is 0 Å². The van der Waals surface area contributed by atoms with Gasteiger partial charge in [0.05, 0.1) is 79.0 Å². The number of hydrogen-bond acceptors (Lipinski definition) is 9. The van der Waals surface area contributed by atoms with E-state index in [1.54, 1.807) is 0 Å². The van der Waals surface area contributed by atoms with Crippen molar-refractivity contribution < 1.29 is 42.0 Å². The molecule has 26 aromatic rings. The van der Waals surface area contributed by atoms with Crippen LogP contribution in [0.1, 0.15) is 28.8 Å². The molecule has 0 atom stereocenters. The van der Waals surface area contributed by atoms with Crippen molar-refractivity contribution in [1.29, 1.82) is 0 Å². The molecule has 602 valence electrons. The van der Waals surface area contributed by atoms with Gasteiger partial charge in [0.1, 0.15) is 34.6 Å². The van der Waals surface area contributed by atoms with Gasteiger partial charge in [-0.05, 0) is 172 Å². The number of aromatic nitrogens is 6. The number of hydrogen-bond donors (Lipinski definition) is 0. The molecule has 26 rings (SSSR count). The van der Waals surface area contributed by atoms with Crippen LogP contribution < -0.4 is 0 Å². The third-order valence-corrected chi connectivity index (χ3v) is 23.6. The Morgan fingerprint density at radius 3 is 0.829 bits per heavy atom. The van der Waals surface area contributed by atoms with E-state index in [-0.39, 0.29) is 155 Å². The monoisotopic (exact) mass is 1670 g/mol. The second-order valence-corrected chi connectivity index (χ2v) is 31.0. The molecule has 0 saturated carbocycles. The van der Waals surface area contributed by atoms with Gasteiger partial charge in [-0.15, -0.1) is 0 Å². The van der Waals surface area contributed by atoms with Crippen LogP contribution in [-0.4, -0.2) is 29.9 Å². The highest BCUT2D eigenvalue weighted by molar-refractivity contribution is 6.12. The van der Waals surface area contributed by atoms with Crippen LogP contribution in [-0.2, 0) is 0 Å². The average Bonchev–Trinajstić information content (AvgIpc) is 0.995. The van der Waals surface area contributed by atoms with Gasteiger partial charge >= 0.3 is 0 Å². The van der Waals surface area contributed by atoms with Crippen LogP contribution in [0, 0.1) is 0 Å². The smallest absolute Gasteiger partial charge is 0.135 e. The summed E-state index contributed by atoms with van der Waals surface area (Å²) in [6, 6.07) is 99.6. The van der Waals surface area contributed by atoms with Crippen LogP contribution in [0.4, 0.5) is 0 Å². The molecule has 9 heterocycles. The zero-order chi connectivity index (χ0) is 104. The Morgan fingerprint density at radius 1 is 0.171 bits per heavy atom. The molecule has 0 aliphatic heterocycles. The lowest BCUT2D eigenvalue weighted by Gasteiger charge is -2.13. The molecule has 9 nitrogen and oxygen atoms in total. The van der Waals surface area contributed by atoms with E-state index in [0.717, 1.165) is 149 Å². The number of nitrogens with zero attached hydrogens (tertiary/aromatic N) is 6. The lowest BCUT2D eigenvalue weighted by molar-refractivity contribution is 0.598. The molecule has 17 aromatic carbocycles. The van der Waals surface area contributed by atoms with Gasteiger partial charge in [-0.3, -0.25) is 15.0 Å². The maximum Gasteiger partial charge on any atom is 0.135 e. The Morgan fingerprint density at radius 2 is 0.434 bits per heavy atom. The topological polar surface area (TPSA) is 117 Å². The predicted octanol–water partition coefficient (Wildman–Crippen LogP) is 32.4. The maximum atomic E-state index is 9.00. The Kier molecular flexibility index (Phi) is 14.0. The van der Waals surface area contributed by atoms with Gasteiger partial charge in [-0.2, -0.15) is 0 Å². The van der Waals surface area contributed by atoms with Crippen molar-refractivity contribution in [2.45, 2.75) is 0 Å². The largest absolute Gasteiger partial charge is 0.456 e. The van der Waals surface area contributed by atoms with Crippen molar-refractivity contribution in [2.75, 3.05) is 0 Å². The fourth-order valence-corrected chi connectivity index (χ4v) is 17.4. The summed E-state index contributed by atoms with van der Waals surface area (Å²) in [5, 5.41) is 11.4. The van der Waals surface area contributed by atoms with E-state index in [1.807, 2.05) is 249 Å². The fourth-order valence-electron chi connectivity index (χ4n) is 17.4. The molecule has 0 saturated heterocycles. The first-order valence-electron chi connectivity index (χ1n) is 52.2. The first kappa shape index (κ1) is 56.4. The van der Waals surface area contributed by atoms with Crippen LogP contribution >= 0.6 is 0 Å². The lowest BCUT2D eigenvalue weighted by atomic mass is 9.92. The fraction of sp³-hybridized carbons (Fsp3) is 0. The van der Waals surface area contributed by atoms with E-state index in [4.69, 9.17) is 57.0 Å². The summed E-state index contributed by atoms with van der Waals surface area (Å²) in [5.74, 6) is 4.49. The lowest BCUT2D eigenvalue weighted by Crippen LogP contribution is -1.91. The second-order valence-electron chi connectivity index (χ2n) is 31.0. The van der Waals surface area contributed by atoms with Crippen LogP contribution in [0.25, 0.3) is 254 Å². The Labute approximate surface area is 771 Å². The summed E-state index contributed by atoms with van der Waals surface area (Å²) in [5.41, 5.74) is 12.0. The highest BCUT2D eigenvalue weighted by atomic mass is 16.3. The molecule has 129 heavy (non-hydrogen) atoms. The molecular weight excluding hydrogens is 1570 g/mol. The van der Waals surface area contributed by atoms with Gasteiger partial charge in [-0.1, -0.05) is 345 Å². The van der Waals surface area contributed by atoms with E-state index in [9.17, 15) is 0 Å². The number of benzene rings is 17. The predicted molar refractivity (Wildman–Crippen MR) is 533 cm³/mol. The molecule has 0 aliphatic rings. The maximum absolute atomic E-state index is 9.00. The first-order chi connectivity index (χ1) is 72.7. The minimum absolute atomic E-state index is 0.00133. The highest BCUT2D eigenvalue weighted by Crippen LogP contribution is 2.45. The number of fused-ring (bicyclic) bond motifs is 15. The van der Waals surface area contributed by atoms with Crippen LogP contribution in [0.15, 0.2) is 462 Å². The van der Waals surface area contributed by atoms with Gasteiger partial charge in [0.2, 0.25) is 0 Å². The quantitative estimate of drug-likeness (QED) is 0.117. The zero-order valence-electron chi connectivity index (χ0n) is 89.0. The van der Waals surface area contributed by atoms with Crippen molar-refractivity contribution in [3.63, 3.8) is 0 Å². The van der Waals surface area contributed by atoms with Crippen molar-refractivity contribution in [3.05, 3.63) is 449 Å². The standard InChI is InChI=1S/2C42H26N2O.C36H22N2O/c1-2-13-32-27(8-1)9-6-16-37(32)40-24-23-39(45-40)31-11-5-10-30(26-31)33-20-21-36(35-15-4-3-14-34(33)35)38-22-19-29-18-17-28-12-7-25-43-41(28)42(29)44-38;1-2-10-32-27(7-1)8-5-13-37(32)40-25-24-39(45-40)29-16-14-28(15-17-29)33-21-22-36(35-12-4-3-11-34(33)35)38-23-20-31-19-18-30-9-6-26-43-41(30)42(31)44-38;1-2-10-26-23(7-1)8-5-13-30(26)33-20-21-34(39-33)31-18-17-29(27-11-3-4-12-28(27)31)32-19-16-25-15-14-24-9-6-22-37-35(24)36(25)38-32/h2*1-26H;1-22H/i7D,12D,17D,18D,19D,22D,25D;6D,9D,18D,19D,20D,23D,26D;6D,9D,14D,15D,16D,19D,22D. The Bertz CT molecular complexity index is 10300. The first-order valence-corrected chi connectivity index (χ1v) is 41.7. The third kappa shape index (κ3) is 13.8. The van der Waals surface area contributed by atoms with Gasteiger partial charge in [0, 0.05) is 101 Å². The minimum Gasteiger partial charge on any atom is -0.456 e. The van der Waals surface area contributed by atoms with E-state index >= 15 is 0 Å². The van der Waals surface area contributed by atoms with Crippen molar-refractivity contribution >= 4 is 130 Å². The second kappa shape index (κ2) is 32.0. The summed E-state index contributed by atoms with van der Waals surface area (Å²) in [6.07, 6.45) is -1.38. The minimum atomic E-state index is -0.461.